The van der Waals surface area contributed by atoms with Crippen molar-refractivity contribution >= 4 is 33.9 Å². The van der Waals surface area contributed by atoms with Crippen LogP contribution in [-0.2, 0) is 21.6 Å². The fourth-order valence-corrected chi connectivity index (χ4v) is 5.83. The summed E-state index contributed by atoms with van der Waals surface area (Å²) < 4.78 is 6.04. The quantitative estimate of drug-likeness (QED) is 0.124. The summed E-state index contributed by atoms with van der Waals surface area (Å²) in [6, 6.07) is 35.9. The van der Waals surface area contributed by atoms with Crippen molar-refractivity contribution in [2.45, 2.75) is 45.8 Å². The second-order valence-corrected chi connectivity index (χ2v) is 12.3. The number of hydrogen-bond acceptors (Lipinski definition) is 4. The van der Waals surface area contributed by atoms with E-state index in [2.05, 4.69) is 20.8 Å². The van der Waals surface area contributed by atoms with Crippen molar-refractivity contribution in [1.82, 2.24) is 0 Å². The Kier molecular flexibility index (Phi) is 7.56. The Hall–Kier alpha value is -5.16. The molecule has 0 bridgehead atoms. The maximum absolute atomic E-state index is 13.9. The van der Waals surface area contributed by atoms with Crippen molar-refractivity contribution < 1.29 is 19.4 Å². The first kappa shape index (κ1) is 28.9. The fraction of sp³-hybridized carbons (Fsp3) is 0.179. The predicted molar refractivity (Wildman–Crippen MR) is 176 cm³/mol. The molecule has 5 aromatic carbocycles. The number of amides is 1. The molecule has 5 heteroatoms. The molecule has 0 radical (unpaired) electrons. The number of aliphatic hydroxyl groups is 1. The largest absolute Gasteiger partial charge is 0.507 e. The topological polar surface area (TPSA) is 66.8 Å². The van der Waals surface area contributed by atoms with Crippen LogP contribution in [0.2, 0.25) is 0 Å². The van der Waals surface area contributed by atoms with Crippen molar-refractivity contribution in [2.24, 2.45) is 0 Å². The van der Waals surface area contributed by atoms with Crippen LogP contribution in [0.15, 0.2) is 121 Å². The summed E-state index contributed by atoms with van der Waals surface area (Å²) in [6.45, 7) is 8.72. The SMILES string of the molecule is Cc1cc(/C(O)=C2\C(=O)C(=O)N(c3cccc4ccccc34)C2c2ccc(C(C)(C)C)cc2)ccc1OCc1ccccc1. The number of benzene rings is 5. The first-order chi connectivity index (χ1) is 21.1. The first-order valence-electron chi connectivity index (χ1n) is 14.8. The van der Waals surface area contributed by atoms with Crippen molar-refractivity contribution in [3.8, 4) is 5.75 Å². The number of ether oxygens (including phenoxy) is 1. The van der Waals surface area contributed by atoms with Crippen LogP contribution in [0.5, 0.6) is 5.75 Å². The lowest BCUT2D eigenvalue weighted by molar-refractivity contribution is -0.132. The van der Waals surface area contributed by atoms with Crippen molar-refractivity contribution in [2.75, 3.05) is 4.90 Å². The molecule has 1 unspecified atom stereocenters. The van der Waals surface area contributed by atoms with E-state index < -0.39 is 17.7 Å². The van der Waals surface area contributed by atoms with E-state index in [1.165, 1.54) is 4.90 Å². The maximum atomic E-state index is 13.9. The van der Waals surface area contributed by atoms with Gasteiger partial charge in [0.2, 0.25) is 0 Å². The molecule has 5 aromatic rings. The highest BCUT2D eigenvalue weighted by molar-refractivity contribution is 6.52. The van der Waals surface area contributed by atoms with Gasteiger partial charge in [0.05, 0.1) is 17.3 Å². The fourth-order valence-electron chi connectivity index (χ4n) is 5.83. The average Bonchev–Trinajstić information content (AvgIpc) is 3.29. The minimum atomic E-state index is -0.816. The smallest absolute Gasteiger partial charge is 0.300 e. The number of rotatable bonds is 6. The highest BCUT2D eigenvalue weighted by Gasteiger charge is 2.47. The molecule has 220 valence electrons. The van der Waals surface area contributed by atoms with E-state index in [0.29, 0.717) is 23.6 Å². The van der Waals surface area contributed by atoms with Gasteiger partial charge < -0.3 is 9.84 Å². The van der Waals surface area contributed by atoms with Crippen LogP contribution in [0.3, 0.4) is 0 Å². The number of anilines is 1. The van der Waals surface area contributed by atoms with Crippen molar-refractivity contribution in [3.05, 3.63) is 149 Å². The van der Waals surface area contributed by atoms with Gasteiger partial charge in [0.15, 0.2) is 0 Å². The van der Waals surface area contributed by atoms with Gasteiger partial charge in [-0.15, -0.1) is 0 Å². The number of nitrogens with zero attached hydrogens (tertiary/aromatic N) is 1. The molecule has 0 aromatic heterocycles. The summed E-state index contributed by atoms with van der Waals surface area (Å²) in [5.41, 5.74) is 4.78. The summed E-state index contributed by atoms with van der Waals surface area (Å²) in [6.07, 6.45) is 0. The Morgan fingerprint density at radius 3 is 2.20 bits per heavy atom. The third kappa shape index (κ3) is 5.37. The van der Waals surface area contributed by atoms with E-state index in [-0.39, 0.29) is 16.7 Å². The Morgan fingerprint density at radius 2 is 1.50 bits per heavy atom. The molecule has 1 fully saturated rings. The lowest BCUT2D eigenvalue weighted by atomic mass is 9.85. The third-order valence-corrected chi connectivity index (χ3v) is 8.25. The van der Waals surface area contributed by atoms with Crippen LogP contribution >= 0.6 is 0 Å². The van der Waals surface area contributed by atoms with Gasteiger partial charge in [-0.05, 0) is 64.2 Å². The zero-order chi connectivity index (χ0) is 31.0. The first-order valence-corrected chi connectivity index (χ1v) is 14.8. The van der Waals surface area contributed by atoms with E-state index in [9.17, 15) is 14.7 Å². The molecule has 1 aliphatic heterocycles. The third-order valence-electron chi connectivity index (χ3n) is 8.25. The number of carbonyl (C=O) groups is 2. The minimum absolute atomic E-state index is 0.0591. The van der Waals surface area contributed by atoms with E-state index in [0.717, 1.165) is 33.0 Å². The number of Topliss-reactive ketones (excluding diaryl/α,β-unsaturated/α-hetero) is 1. The minimum Gasteiger partial charge on any atom is -0.507 e. The van der Waals surface area contributed by atoms with E-state index in [1.54, 1.807) is 18.2 Å². The van der Waals surface area contributed by atoms with Crippen LogP contribution in [0.1, 0.15) is 54.6 Å². The molecule has 5 nitrogen and oxygen atoms in total. The molecule has 6 rings (SSSR count). The lowest BCUT2D eigenvalue weighted by Gasteiger charge is -2.27. The number of aliphatic hydroxyl groups excluding tert-OH is 1. The van der Waals surface area contributed by atoms with Gasteiger partial charge in [0, 0.05) is 10.9 Å². The number of aryl methyl sites for hydroxylation is 1. The Morgan fingerprint density at radius 1 is 0.818 bits per heavy atom. The van der Waals surface area contributed by atoms with Crippen LogP contribution in [0.4, 0.5) is 5.69 Å². The van der Waals surface area contributed by atoms with Gasteiger partial charge in [-0.1, -0.05) is 112 Å². The molecule has 0 spiro atoms. The molecule has 1 saturated heterocycles. The second kappa shape index (κ2) is 11.5. The summed E-state index contributed by atoms with van der Waals surface area (Å²) in [5.74, 6) is -0.931. The van der Waals surface area contributed by atoms with Crippen LogP contribution in [-0.4, -0.2) is 16.8 Å². The number of hydrogen-bond donors (Lipinski definition) is 1. The Bertz CT molecular complexity index is 1890. The molecule has 0 aliphatic carbocycles. The molecular formula is C39H35NO4. The van der Waals surface area contributed by atoms with E-state index in [1.807, 2.05) is 104 Å². The van der Waals surface area contributed by atoms with Gasteiger partial charge in [0.25, 0.3) is 11.7 Å². The summed E-state index contributed by atoms with van der Waals surface area (Å²) >= 11 is 0. The zero-order valence-electron chi connectivity index (χ0n) is 25.4. The predicted octanol–water partition coefficient (Wildman–Crippen LogP) is 8.65. The van der Waals surface area contributed by atoms with Crippen molar-refractivity contribution in [3.63, 3.8) is 0 Å². The molecular weight excluding hydrogens is 546 g/mol. The summed E-state index contributed by atoms with van der Waals surface area (Å²) in [7, 11) is 0. The zero-order valence-corrected chi connectivity index (χ0v) is 25.4. The van der Waals surface area contributed by atoms with Gasteiger partial charge in [-0.2, -0.15) is 0 Å². The monoisotopic (exact) mass is 581 g/mol. The summed E-state index contributed by atoms with van der Waals surface area (Å²) in [5, 5.41) is 13.6. The number of fused-ring (bicyclic) bond motifs is 1. The normalized spacial score (nSPS) is 16.5. The number of ketones is 1. The lowest BCUT2D eigenvalue weighted by Crippen LogP contribution is -2.29. The highest BCUT2D eigenvalue weighted by Crippen LogP contribution is 2.44. The summed E-state index contributed by atoms with van der Waals surface area (Å²) in [4.78, 5) is 29.2. The molecule has 1 amide bonds. The second-order valence-electron chi connectivity index (χ2n) is 12.3. The van der Waals surface area contributed by atoms with Crippen LogP contribution in [0.25, 0.3) is 16.5 Å². The molecule has 1 heterocycles. The number of carbonyl (C=O) groups excluding carboxylic acids is 2. The van der Waals surface area contributed by atoms with Gasteiger partial charge in [-0.3, -0.25) is 14.5 Å². The van der Waals surface area contributed by atoms with Crippen molar-refractivity contribution in [1.29, 1.82) is 0 Å². The average molecular weight is 582 g/mol. The van der Waals surface area contributed by atoms with Crippen LogP contribution in [0, 0.1) is 6.92 Å². The van der Waals surface area contributed by atoms with Gasteiger partial charge >= 0.3 is 0 Å². The molecule has 1 aliphatic rings. The van der Waals surface area contributed by atoms with E-state index in [4.69, 9.17) is 4.74 Å². The molecule has 44 heavy (non-hydrogen) atoms. The molecule has 0 saturated carbocycles. The molecule has 1 N–H and O–H groups in total. The van der Waals surface area contributed by atoms with Crippen LogP contribution < -0.4 is 9.64 Å². The standard InChI is InChI=1S/C39H35NO4/c1-25-23-29(19-22-33(25)44-24-26-11-6-5-7-12-26)36(41)34-35(28-17-20-30(21-18-28)39(2,3)4)40(38(43)37(34)42)32-16-10-14-27-13-8-9-15-31(27)32/h5-23,35,41H,24H2,1-4H3/b36-34+. The highest BCUT2D eigenvalue weighted by atomic mass is 16.5. The Labute approximate surface area is 258 Å². The molecule has 1 atom stereocenters. The van der Waals surface area contributed by atoms with Gasteiger partial charge in [-0.25, -0.2) is 0 Å². The van der Waals surface area contributed by atoms with Gasteiger partial charge in [0.1, 0.15) is 18.1 Å². The van der Waals surface area contributed by atoms with E-state index >= 15 is 0 Å². The Balaban J connectivity index is 1.46. The maximum Gasteiger partial charge on any atom is 0.300 e.